The lowest BCUT2D eigenvalue weighted by Crippen LogP contribution is -2.40. The Bertz CT molecular complexity index is 1150. The van der Waals surface area contributed by atoms with E-state index in [0.29, 0.717) is 21.4 Å². The van der Waals surface area contributed by atoms with Crippen LogP contribution < -0.4 is 14.8 Å². The van der Waals surface area contributed by atoms with Crippen LogP contribution in [0.25, 0.3) is 4.91 Å². The maximum Gasteiger partial charge on any atom is 0.268 e. The number of hydrogen-bond donors (Lipinski definition) is 1. The maximum absolute atomic E-state index is 13.0. The van der Waals surface area contributed by atoms with E-state index in [0.717, 1.165) is 11.1 Å². The summed E-state index contributed by atoms with van der Waals surface area (Å²) in [5.41, 5.74) is 2.22. The summed E-state index contributed by atoms with van der Waals surface area (Å²) in [5.74, 6) is -0.230. The minimum absolute atomic E-state index is 0.0646. The van der Waals surface area contributed by atoms with E-state index in [1.807, 2.05) is 6.92 Å². The van der Waals surface area contributed by atoms with Gasteiger partial charge in [0.25, 0.3) is 15.9 Å². The predicted molar refractivity (Wildman–Crippen MR) is 116 cm³/mol. The molecular weight excluding hydrogens is 420 g/mol. The zero-order valence-electron chi connectivity index (χ0n) is 17.8. The molecule has 1 heterocycles. The SMILES string of the molecule is COc1ccc(CNC(=O)CN2C(=O)C(C)=C(c3ccc(C)cc3)S2(=O)=O)cc1OC. The lowest BCUT2D eigenvalue weighted by molar-refractivity contribution is -0.128. The normalized spacial score (nSPS) is 15.2. The first-order chi connectivity index (χ1) is 14.7. The predicted octanol–water partition coefficient (Wildman–Crippen LogP) is 2.23. The van der Waals surface area contributed by atoms with E-state index in [1.54, 1.807) is 42.5 Å². The zero-order chi connectivity index (χ0) is 22.8. The average Bonchev–Trinajstić information content (AvgIpc) is 2.92. The van der Waals surface area contributed by atoms with Gasteiger partial charge in [0.05, 0.1) is 14.2 Å². The molecule has 8 nitrogen and oxygen atoms in total. The highest BCUT2D eigenvalue weighted by Gasteiger charge is 2.43. The number of methoxy groups -OCH3 is 2. The second-order valence-electron chi connectivity index (χ2n) is 7.10. The summed E-state index contributed by atoms with van der Waals surface area (Å²) in [4.78, 5) is 25.0. The summed E-state index contributed by atoms with van der Waals surface area (Å²) >= 11 is 0. The number of ether oxygens (including phenoxy) is 2. The van der Waals surface area contributed by atoms with Gasteiger partial charge in [0, 0.05) is 12.1 Å². The van der Waals surface area contributed by atoms with E-state index in [1.165, 1.54) is 21.1 Å². The molecular formula is C22H24N2O6S. The summed E-state index contributed by atoms with van der Waals surface area (Å²) < 4.78 is 37.0. The van der Waals surface area contributed by atoms with Crippen LogP contribution in [-0.2, 0) is 26.2 Å². The summed E-state index contributed by atoms with van der Waals surface area (Å²) in [7, 11) is -1.10. The van der Waals surface area contributed by atoms with Crippen molar-refractivity contribution in [3.63, 3.8) is 0 Å². The molecule has 2 aromatic carbocycles. The molecule has 9 heteroatoms. The lowest BCUT2D eigenvalue weighted by atomic mass is 10.1. The topological polar surface area (TPSA) is 102 Å². The molecule has 0 aliphatic carbocycles. The molecule has 0 aromatic heterocycles. The first-order valence-electron chi connectivity index (χ1n) is 9.51. The Morgan fingerprint density at radius 1 is 1.00 bits per heavy atom. The van der Waals surface area contributed by atoms with E-state index < -0.39 is 28.4 Å². The summed E-state index contributed by atoms with van der Waals surface area (Å²) in [6.45, 7) is 2.88. The molecule has 31 heavy (non-hydrogen) atoms. The van der Waals surface area contributed by atoms with Crippen LogP contribution in [-0.4, -0.2) is 45.3 Å². The molecule has 0 fully saturated rings. The molecule has 0 unspecified atom stereocenters. The number of benzene rings is 2. The van der Waals surface area contributed by atoms with E-state index in [-0.39, 0.29) is 17.0 Å². The van der Waals surface area contributed by atoms with Crippen molar-refractivity contribution in [2.75, 3.05) is 20.8 Å². The lowest BCUT2D eigenvalue weighted by Gasteiger charge is -2.17. The minimum atomic E-state index is -4.12. The van der Waals surface area contributed by atoms with E-state index in [2.05, 4.69) is 5.32 Å². The molecule has 1 N–H and O–H groups in total. The molecule has 1 aliphatic rings. The van der Waals surface area contributed by atoms with Crippen LogP contribution in [0.15, 0.2) is 48.0 Å². The van der Waals surface area contributed by atoms with Crippen molar-refractivity contribution >= 4 is 26.7 Å². The third kappa shape index (κ3) is 4.41. The molecule has 0 radical (unpaired) electrons. The number of amides is 2. The number of sulfonamides is 1. The molecule has 1 aliphatic heterocycles. The van der Waals surface area contributed by atoms with Crippen LogP contribution in [0, 0.1) is 6.92 Å². The Hall–Kier alpha value is -3.33. The Morgan fingerprint density at radius 2 is 1.65 bits per heavy atom. The van der Waals surface area contributed by atoms with Gasteiger partial charge in [-0.25, -0.2) is 12.7 Å². The van der Waals surface area contributed by atoms with Gasteiger partial charge in [-0.1, -0.05) is 35.9 Å². The van der Waals surface area contributed by atoms with Crippen LogP contribution in [0.5, 0.6) is 11.5 Å². The molecule has 164 valence electrons. The van der Waals surface area contributed by atoms with Gasteiger partial charge in [-0.15, -0.1) is 0 Å². The number of aryl methyl sites for hydroxylation is 1. The van der Waals surface area contributed by atoms with Crippen molar-refractivity contribution < 1.29 is 27.5 Å². The molecule has 2 amide bonds. The molecule has 0 atom stereocenters. The summed E-state index contributed by atoms with van der Waals surface area (Å²) in [6, 6.07) is 12.0. The third-order valence-corrected chi connectivity index (χ3v) is 6.91. The Labute approximate surface area is 181 Å². The fraction of sp³-hybridized carbons (Fsp3) is 0.273. The first-order valence-corrected chi connectivity index (χ1v) is 11.0. The molecule has 0 saturated heterocycles. The van der Waals surface area contributed by atoms with Crippen LogP contribution in [0.2, 0.25) is 0 Å². The zero-order valence-corrected chi connectivity index (χ0v) is 18.6. The van der Waals surface area contributed by atoms with Crippen molar-refractivity contribution in [1.29, 1.82) is 0 Å². The maximum atomic E-state index is 13.0. The third-order valence-electron chi connectivity index (χ3n) is 4.97. The smallest absolute Gasteiger partial charge is 0.268 e. The van der Waals surface area contributed by atoms with Crippen molar-refractivity contribution in [3.8, 4) is 11.5 Å². The van der Waals surface area contributed by atoms with E-state index in [4.69, 9.17) is 9.47 Å². The van der Waals surface area contributed by atoms with Gasteiger partial charge in [-0.05, 0) is 37.1 Å². The Morgan fingerprint density at radius 3 is 2.26 bits per heavy atom. The summed E-state index contributed by atoms with van der Waals surface area (Å²) in [6.07, 6.45) is 0. The van der Waals surface area contributed by atoms with Gasteiger partial charge >= 0.3 is 0 Å². The summed E-state index contributed by atoms with van der Waals surface area (Å²) in [5, 5.41) is 2.64. The molecule has 0 bridgehead atoms. The monoisotopic (exact) mass is 444 g/mol. The van der Waals surface area contributed by atoms with Gasteiger partial charge in [-0.2, -0.15) is 0 Å². The largest absolute Gasteiger partial charge is 0.493 e. The fourth-order valence-electron chi connectivity index (χ4n) is 3.30. The number of carbonyl (C=O) groups excluding carboxylic acids is 2. The minimum Gasteiger partial charge on any atom is -0.493 e. The van der Waals surface area contributed by atoms with Gasteiger partial charge in [0.2, 0.25) is 5.91 Å². The number of carbonyl (C=O) groups is 2. The van der Waals surface area contributed by atoms with Crippen molar-refractivity contribution in [2.24, 2.45) is 0 Å². The highest BCUT2D eigenvalue weighted by Crippen LogP contribution is 2.35. The Balaban J connectivity index is 1.72. The fourth-order valence-corrected chi connectivity index (χ4v) is 5.07. The van der Waals surface area contributed by atoms with Crippen molar-refractivity contribution in [3.05, 3.63) is 64.7 Å². The van der Waals surface area contributed by atoms with Gasteiger partial charge in [0.1, 0.15) is 11.4 Å². The Kier molecular flexibility index (Phi) is 6.35. The number of nitrogens with one attached hydrogen (secondary N) is 1. The van der Waals surface area contributed by atoms with Crippen LogP contribution >= 0.6 is 0 Å². The van der Waals surface area contributed by atoms with Crippen molar-refractivity contribution in [1.82, 2.24) is 9.62 Å². The number of nitrogens with zero attached hydrogens (tertiary/aromatic N) is 1. The van der Waals surface area contributed by atoms with Gasteiger partial charge in [0.15, 0.2) is 11.5 Å². The number of rotatable bonds is 7. The quantitative estimate of drug-likeness (QED) is 0.703. The van der Waals surface area contributed by atoms with Gasteiger partial charge < -0.3 is 14.8 Å². The molecule has 0 spiro atoms. The molecule has 0 saturated carbocycles. The van der Waals surface area contributed by atoms with Crippen LogP contribution in [0.3, 0.4) is 0 Å². The number of hydrogen-bond acceptors (Lipinski definition) is 6. The van der Waals surface area contributed by atoms with E-state index in [9.17, 15) is 18.0 Å². The molecule has 2 aromatic rings. The highest BCUT2D eigenvalue weighted by atomic mass is 32.2. The second kappa shape index (κ2) is 8.81. The van der Waals surface area contributed by atoms with E-state index >= 15 is 0 Å². The standard InChI is InChI=1S/C22H24N2O6S/c1-14-5-8-17(9-6-14)21-15(2)22(26)24(31(21,27)28)13-20(25)23-12-16-7-10-18(29-3)19(11-16)30-4/h5-11H,12-13H2,1-4H3,(H,23,25). The van der Waals surface area contributed by atoms with Crippen molar-refractivity contribution in [2.45, 2.75) is 20.4 Å². The second-order valence-corrected chi connectivity index (χ2v) is 8.90. The van der Waals surface area contributed by atoms with Crippen LogP contribution in [0.1, 0.15) is 23.6 Å². The molecule has 3 rings (SSSR count). The first kappa shape index (κ1) is 22.4. The highest BCUT2D eigenvalue weighted by molar-refractivity contribution is 7.99. The average molecular weight is 445 g/mol. The van der Waals surface area contributed by atoms with Crippen LogP contribution in [0.4, 0.5) is 0 Å². The van der Waals surface area contributed by atoms with Gasteiger partial charge in [-0.3, -0.25) is 9.59 Å².